The van der Waals surface area contributed by atoms with Crippen molar-refractivity contribution in [1.82, 2.24) is 0 Å². The zero-order valence-corrected chi connectivity index (χ0v) is 16.7. The van der Waals surface area contributed by atoms with E-state index in [9.17, 15) is 19.8 Å². The molecule has 0 spiro atoms. The van der Waals surface area contributed by atoms with Crippen LogP contribution in [0.1, 0.15) is 59.9 Å². The lowest BCUT2D eigenvalue weighted by Gasteiger charge is -2.13. The number of benzene rings is 2. The first kappa shape index (κ1) is 24.2. The van der Waals surface area contributed by atoms with Crippen molar-refractivity contribution in [3.05, 3.63) is 34.9 Å². The highest BCUT2D eigenvalue weighted by Gasteiger charge is 2.22. The number of esters is 1. The molecule has 0 bridgehead atoms. The zero-order chi connectivity index (χ0) is 23.3. The van der Waals surface area contributed by atoms with Crippen LogP contribution < -0.4 is 0 Å². The van der Waals surface area contributed by atoms with Gasteiger partial charge in [-0.25, -0.2) is 9.59 Å². The maximum Gasteiger partial charge on any atom is 0.338 e. The van der Waals surface area contributed by atoms with Crippen LogP contribution in [0.25, 0.3) is 0 Å². The van der Waals surface area contributed by atoms with Gasteiger partial charge in [0.1, 0.15) is 0 Å². The van der Waals surface area contributed by atoms with Gasteiger partial charge in [0.15, 0.2) is 28.7 Å². The lowest BCUT2D eigenvalue weighted by atomic mass is 9.95. The number of aromatic hydroxyl groups is 6. The Morgan fingerprint density at radius 2 is 1.23 bits per heavy atom. The second kappa shape index (κ2) is 9.59. The molecule has 0 radical (unpaired) electrons. The van der Waals surface area contributed by atoms with E-state index in [1.807, 2.05) is 0 Å². The number of aromatic carboxylic acids is 1. The van der Waals surface area contributed by atoms with Crippen LogP contribution in [0.2, 0.25) is 0 Å². The second-order valence-electron chi connectivity index (χ2n) is 6.83. The molecule has 0 aliphatic heterocycles. The van der Waals surface area contributed by atoms with Crippen molar-refractivity contribution >= 4 is 11.9 Å². The molecule has 2 aromatic carbocycles. The Morgan fingerprint density at radius 1 is 0.767 bits per heavy atom. The molecule has 0 unspecified atom stereocenters. The molecule has 0 atom stereocenters. The normalized spacial score (nSPS) is 10.5. The summed E-state index contributed by atoms with van der Waals surface area (Å²) >= 11 is 0. The Balaban J connectivity index is 0.000000300. The lowest BCUT2D eigenvalue weighted by molar-refractivity contribution is 0.0376. The fraction of sp³-hybridized carbons (Fsp3) is 0.300. The standard InChI is InChI=1S/2C10H12O5/c1-5(2)15-10(14)6-3-7(11)9(13)8(12)4-6;1-4(2)7-5(10(14)15)3-6(11)8(12)9(7)13/h3-5,11-13H,1-2H3;3-4,11-13H,1-2H3,(H,14,15). The summed E-state index contributed by atoms with van der Waals surface area (Å²) in [6, 6.07) is 2.98. The molecule has 0 fully saturated rings. The largest absolute Gasteiger partial charge is 0.504 e. The molecule has 0 aliphatic carbocycles. The molecule has 0 aliphatic rings. The van der Waals surface area contributed by atoms with E-state index in [0.29, 0.717) is 0 Å². The zero-order valence-electron chi connectivity index (χ0n) is 16.7. The van der Waals surface area contributed by atoms with E-state index >= 15 is 0 Å². The average molecular weight is 424 g/mol. The van der Waals surface area contributed by atoms with Crippen molar-refractivity contribution < 1.29 is 50.1 Å². The molecule has 10 heteroatoms. The molecule has 0 saturated heterocycles. The fourth-order valence-corrected chi connectivity index (χ4v) is 2.42. The minimum Gasteiger partial charge on any atom is -0.504 e. The Labute approximate surface area is 171 Å². The number of ether oxygens (including phenoxy) is 1. The third-order valence-corrected chi connectivity index (χ3v) is 3.75. The monoisotopic (exact) mass is 424 g/mol. The first-order valence-corrected chi connectivity index (χ1v) is 8.74. The Kier molecular flexibility index (Phi) is 7.74. The maximum absolute atomic E-state index is 11.3. The van der Waals surface area contributed by atoms with Crippen LogP contribution >= 0.6 is 0 Å². The van der Waals surface area contributed by atoms with Crippen LogP contribution in [0.4, 0.5) is 0 Å². The van der Waals surface area contributed by atoms with Crippen LogP contribution in [0.3, 0.4) is 0 Å². The van der Waals surface area contributed by atoms with Gasteiger partial charge in [-0.1, -0.05) is 13.8 Å². The van der Waals surface area contributed by atoms with Crippen LogP contribution in [0.5, 0.6) is 34.5 Å². The summed E-state index contributed by atoms with van der Waals surface area (Å²) in [5.74, 6) is -5.91. The third-order valence-electron chi connectivity index (χ3n) is 3.75. The van der Waals surface area contributed by atoms with Crippen LogP contribution in [-0.4, -0.2) is 53.8 Å². The molecule has 0 saturated carbocycles. The van der Waals surface area contributed by atoms with Gasteiger partial charge in [-0.05, 0) is 38.0 Å². The first-order chi connectivity index (χ1) is 13.8. The summed E-state index contributed by atoms with van der Waals surface area (Å²) in [6.45, 7) is 6.71. The summed E-state index contributed by atoms with van der Waals surface area (Å²) in [7, 11) is 0. The van der Waals surface area contributed by atoms with E-state index in [2.05, 4.69) is 0 Å². The molecule has 2 aromatic rings. The predicted molar refractivity (Wildman–Crippen MR) is 104 cm³/mol. The quantitative estimate of drug-likeness (QED) is 0.284. The Hall–Kier alpha value is -3.82. The van der Waals surface area contributed by atoms with E-state index in [0.717, 1.165) is 18.2 Å². The Morgan fingerprint density at radius 3 is 1.63 bits per heavy atom. The summed E-state index contributed by atoms with van der Waals surface area (Å²) < 4.78 is 4.84. The Bertz CT molecular complexity index is 924. The molecule has 0 aromatic heterocycles. The van der Waals surface area contributed by atoms with Crippen molar-refractivity contribution in [2.75, 3.05) is 0 Å². The summed E-state index contributed by atoms with van der Waals surface area (Å²) in [6.07, 6.45) is -0.296. The van der Waals surface area contributed by atoms with Gasteiger partial charge in [0.2, 0.25) is 5.75 Å². The van der Waals surface area contributed by atoms with Crippen molar-refractivity contribution in [2.45, 2.75) is 39.7 Å². The van der Waals surface area contributed by atoms with Crippen molar-refractivity contribution in [1.29, 1.82) is 0 Å². The molecule has 0 heterocycles. The van der Waals surface area contributed by atoms with E-state index in [1.54, 1.807) is 27.7 Å². The van der Waals surface area contributed by atoms with Gasteiger partial charge in [0, 0.05) is 5.56 Å². The minimum atomic E-state index is -1.26. The topological polar surface area (TPSA) is 185 Å². The average Bonchev–Trinajstić information content (AvgIpc) is 2.62. The van der Waals surface area contributed by atoms with Gasteiger partial charge in [-0.3, -0.25) is 0 Å². The fourth-order valence-electron chi connectivity index (χ4n) is 2.42. The first-order valence-electron chi connectivity index (χ1n) is 8.74. The third kappa shape index (κ3) is 5.60. The van der Waals surface area contributed by atoms with Gasteiger partial charge in [0.25, 0.3) is 0 Å². The number of hydrogen-bond acceptors (Lipinski definition) is 9. The molecule has 0 amide bonds. The molecule has 30 heavy (non-hydrogen) atoms. The lowest BCUT2D eigenvalue weighted by Crippen LogP contribution is -2.11. The molecule has 164 valence electrons. The van der Waals surface area contributed by atoms with Crippen molar-refractivity contribution in [3.8, 4) is 34.5 Å². The molecule has 7 N–H and O–H groups in total. The van der Waals surface area contributed by atoms with Gasteiger partial charge >= 0.3 is 11.9 Å². The molecular formula is C20H24O10. The number of hydrogen-bond donors (Lipinski definition) is 7. The second-order valence-corrected chi connectivity index (χ2v) is 6.83. The summed E-state index contributed by atoms with van der Waals surface area (Å²) in [4.78, 5) is 22.2. The SMILES string of the molecule is CC(C)OC(=O)c1cc(O)c(O)c(O)c1.CC(C)c1c(C(=O)O)cc(O)c(O)c1O. The highest BCUT2D eigenvalue weighted by Crippen LogP contribution is 2.42. The molecular weight excluding hydrogens is 400 g/mol. The van der Waals surface area contributed by atoms with Crippen LogP contribution in [-0.2, 0) is 4.74 Å². The van der Waals surface area contributed by atoms with Gasteiger partial charge in [-0.15, -0.1) is 0 Å². The number of carboxylic acids is 1. The number of phenols is 6. The van der Waals surface area contributed by atoms with Gasteiger partial charge in [-0.2, -0.15) is 0 Å². The summed E-state index contributed by atoms with van der Waals surface area (Å²) in [5, 5.41) is 64.1. The molecule has 2 rings (SSSR count). The van der Waals surface area contributed by atoms with Gasteiger partial charge < -0.3 is 40.5 Å². The maximum atomic E-state index is 11.3. The number of phenolic OH excluding ortho intramolecular Hbond substituents is 6. The van der Waals surface area contributed by atoms with Gasteiger partial charge in [0.05, 0.1) is 17.2 Å². The highest BCUT2D eigenvalue weighted by atomic mass is 16.5. The van der Waals surface area contributed by atoms with E-state index in [-0.39, 0.29) is 28.7 Å². The summed E-state index contributed by atoms with van der Waals surface area (Å²) in [5.41, 5.74) is -0.118. The van der Waals surface area contributed by atoms with E-state index in [4.69, 9.17) is 30.3 Å². The van der Waals surface area contributed by atoms with Crippen molar-refractivity contribution in [3.63, 3.8) is 0 Å². The number of carboxylic acid groups (broad SMARTS) is 1. The number of carbonyl (C=O) groups is 2. The smallest absolute Gasteiger partial charge is 0.338 e. The molecule has 10 nitrogen and oxygen atoms in total. The minimum absolute atomic E-state index is 0.0171. The van der Waals surface area contributed by atoms with Crippen LogP contribution in [0.15, 0.2) is 18.2 Å². The van der Waals surface area contributed by atoms with Crippen molar-refractivity contribution in [2.24, 2.45) is 0 Å². The highest BCUT2D eigenvalue weighted by molar-refractivity contribution is 5.92. The van der Waals surface area contributed by atoms with E-state index in [1.165, 1.54) is 0 Å². The van der Waals surface area contributed by atoms with E-state index < -0.39 is 46.4 Å². The number of rotatable bonds is 4. The predicted octanol–water partition coefficient (Wildman–Crippen LogP) is 2.99. The van der Waals surface area contributed by atoms with Crippen LogP contribution in [0, 0.1) is 0 Å². The number of carbonyl (C=O) groups excluding carboxylic acids is 1.